The molecule has 3 N–H and O–H groups in total. The fourth-order valence-electron chi connectivity index (χ4n) is 1.12. The monoisotopic (exact) mass is 238 g/mol. The number of aromatic nitrogens is 1. The molecule has 5 heteroatoms. The van der Waals surface area contributed by atoms with Crippen LogP contribution in [0.5, 0.6) is 0 Å². The van der Waals surface area contributed by atoms with Crippen LogP contribution < -0.4 is 11.1 Å². The summed E-state index contributed by atoms with van der Waals surface area (Å²) >= 11 is 4.91. The van der Waals surface area contributed by atoms with Gasteiger partial charge in [0.2, 0.25) is 0 Å². The van der Waals surface area contributed by atoms with Crippen molar-refractivity contribution in [1.29, 1.82) is 0 Å². The number of nitrogens with one attached hydrogen (secondary N) is 1. The Balaban J connectivity index is 2.61. The van der Waals surface area contributed by atoms with Crippen molar-refractivity contribution in [3.05, 3.63) is 23.9 Å². The van der Waals surface area contributed by atoms with Crippen LogP contribution in [-0.2, 0) is 0 Å². The molecule has 0 saturated carbocycles. The van der Waals surface area contributed by atoms with Crippen LogP contribution >= 0.6 is 12.2 Å². The Morgan fingerprint density at radius 1 is 1.62 bits per heavy atom. The summed E-state index contributed by atoms with van der Waals surface area (Å²) < 4.78 is 0. The lowest BCUT2D eigenvalue weighted by molar-refractivity contribution is 0.326. The molecular formula is C11H18N4S. The SMILES string of the molecule is CC(CNc1cc(C(N)=S)ccn1)N(C)C. The molecule has 0 bridgehead atoms. The number of nitrogens with zero attached hydrogens (tertiary/aromatic N) is 2. The highest BCUT2D eigenvalue weighted by molar-refractivity contribution is 7.80. The largest absolute Gasteiger partial charge is 0.389 e. The molecule has 1 aromatic rings. The number of anilines is 1. The second kappa shape index (κ2) is 5.77. The molecule has 0 aliphatic carbocycles. The van der Waals surface area contributed by atoms with Gasteiger partial charge in [-0.3, -0.25) is 0 Å². The number of pyridine rings is 1. The van der Waals surface area contributed by atoms with E-state index < -0.39 is 0 Å². The highest BCUT2D eigenvalue weighted by atomic mass is 32.1. The molecule has 0 spiro atoms. The first kappa shape index (κ1) is 12.9. The molecule has 1 heterocycles. The van der Waals surface area contributed by atoms with Crippen molar-refractivity contribution < 1.29 is 0 Å². The van der Waals surface area contributed by atoms with Gasteiger partial charge in [-0.05, 0) is 33.2 Å². The summed E-state index contributed by atoms with van der Waals surface area (Å²) in [5.74, 6) is 0.805. The molecule has 0 aliphatic heterocycles. The molecule has 16 heavy (non-hydrogen) atoms. The fourth-order valence-corrected chi connectivity index (χ4v) is 1.24. The van der Waals surface area contributed by atoms with E-state index in [4.69, 9.17) is 18.0 Å². The normalized spacial score (nSPS) is 12.5. The van der Waals surface area contributed by atoms with Crippen molar-refractivity contribution in [2.24, 2.45) is 5.73 Å². The molecule has 0 amide bonds. The Hall–Kier alpha value is -1.20. The second-order valence-electron chi connectivity index (χ2n) is 3.99. The molecule has 1 unspecified atom stereocenters. The third kappa shape index (κ3) is 3.75. The quantitative estimate of drug-likeness (QED) is 0.752. The van der Waals surface area contributed by atoms with Crippen molar-refractivity contribution in [2.45, 2.75) is 13.0 Å². The van der Waals surface area contributed by atoms with Crippen molar-refractivity contribution >= 4 is 23.0 Å². The van der Waals surface area contributed by atoms with Gasteiger partial charge in [0.05, 0.1) is 0 Å². The molecule has 0 fully saturated rings. The molecule has 4 nitrogen and oxygen atoms in total. The molecular weight excluding hydrogens is 220 g/mol. The smallest absolute Gasteiger partial charge is 0.126 e. The van der Waals surface area contributed by atoms with E-state index in [0.29, 0.717) is 11.0 Å². The highest BCUT2D eigenvalue weighted by Gasteiger charge is 2.05. The van der Waals surface area contributed by atoms with Crippen LogP contribution in [0.4, 0.5) is 5.82 Å². The molecule has 0 aromatic carbocycles. The predicted molar refractivity (Wildman–Crippen MR) is 71.8 cm³/mol. The van der Waals surface area contributed by atoms with E-state index in [-0.39, 0.29) is 0 Å². The summed E-state index contributed by atoms with van der Waals surface area (Å²) in [6, 6.07) is 4.11. The number of nitrogens with two attached hydrogens (primary N) is 1. The van der Waals surface area contributed by atoms with Gasteiger partial charge < -0.3 is 16.0 Å². The summed E-state index contributed by atoms with van der Waals surface area (Å²) in [7, 11) is 4.09. The van der Waals surface area contributed by atoms with Gasteiger partial charge in [-0.25, -0.2) is 4.98 Å². The number of likely N-dealkylation sites (N-methyl/N-ethyl adjacent to an activating group) is 1. The van der Waals surface area contributed by atoms with Gasteiger partial charge in [0.1, 0.15) is 10.8 Å². The molecule has 0 saturated heterocycles. The van der Waals surface area contributed by atoms with Crippen LogP contribution in [-0.4, -0.2) is 41.6 Å². The maximum atomic E-state index is 5.55. The van der Waals surface area contributed by atoms with E-state index in [2.05, 4.69) is 22.1 Å². The number of rotatable bonds is 5. The fraction of sp³-hybridized carbons (Fsp3) is 0.455. The van der Waals surface area contributed by atoms with Gasteiger partial charge in [-0.2, -0.15) is 0 Å². The lowest BCUT2D eigenvalue weighted by Gasteiger charge is -2.20. The van der Waals surface area contributed by atoms with E-state index in [0.717, 1.165) is 17.9 Å². The lowest BCUT2D eigenvalue weighted by Crippen LogP contribution is -2.31. The summed E-state index contributed by atoms with van der Waals surface area (Å²) in [5, 5.41) is 3.25. The average molecular weight is 238 g/mol. The van der Waals surface area contributed by atoms with Crippen LogP contribution in [0, 0.1) is 0 Å². The van der Waals surface area contributed by atoms with Gasteiger partial charge in [-0.15, -0.1) is 0 Å². The third-order valence-electron chi connectivity index (χ3n) is 2.50. The predicted octanol–water partition coefficient (Wildman–Crippen LogP) is 1.08. The molecule has 1 aromatic heterocycles. The van der Waals surface area contributed by atoms with Crippen molar-refractivity contribution in [2.75, 3.05) is 26.0 Å². The van der Waals surface area contributed by atoms with E-state index in [1.165, 1.54) is 0 Å². The Morgan fingerprint density at radius 3 is 2.88 bits per heavy atom. The van der Waals surface area contributed by atoms with Gasteiger partial charge in [-0.1, -0.05) is 12.2 Å². The van der Waals surface area contributed by atoms with Crippen molar-refractivity contribution in [3.8, 4) is 0 Å². The van der Waals surface area contributed by atoms with Crippen LogP contribution in [0.1, 0.15) is 12.5 Å². The Labute approximate surface area is 102 Å². The molecule has 0 aliphatic rings. The molecule has 1 atom stereocenters. The van der Waals surface area contributed by atoms with Crippen molar-refractivity contribution in [3.63, 3.8) is 0 Å². The Bertz CT molecular complexity index is 365. The van der Waals surface area contributed by atoms with Crippen LogP contribution in [0.15, 0.2) is 18.3 Å². The zero-order valence-corrected chi connectivity index (χ0v) is 10.7. The average Bonchev–Trinajstić information content (AvgIpc) is 2.26. The first-order valence-corrected chi connectivity index (χ1v) is 5.57. The lowest BCUT2D eigenvalue weighted by atomic mass is 10.2. The van der Waals surface area contributed by atoms with E-state index in [1.54, 1.807) is 6.20 Å². The topological polar surface area (TPSA) is 54.2 Å². The van der Waals surface area contributed by atoms with Crippen LogP contribution in [0.3, 0.4) is 0 Å². The standard InChI is InChI=1S/C11H18N4S/c1-8(15(2)3)7-14-10-6-9(11(12)16)4-5-13-10/h4-6,8H,7H2,1-3H3,(H2,12,16)(H,13,14). The van der Waals surface area contributed by atoms with Gasteiger partial charge in [0.25, 0.3) is 0 Å². The number of thiocarbonyl (C=S) groups is 1. The Morgan fingerprint density at radius 2 is 2.31 bits per heavy atom. The zero-order chi connectivity index (χ0) is 12.1. The maximum Gasteiger partial charge on any atom is 0.126 e. The minimum atomic E-state index is 0.395. The van der Waals surface area contributed by atoms with Crippen LogP contribution in [0.25, 0.3) is 0 Å². The van der Waals surface area contributed by atoms with E-state index in [9.17, 15) is 0 Å². The summed E-state index contributed by atoms with van der Waals surface area (Å²) in [4.78, 5) is 6.75. The zero-order valence-electron chi connectivity index (χ0n) is 9.90. The van der Waals surface area contributed by atoms with Crippen LogP contribution in [0.2, 0.25) is 0 Å². The van der Waals surface area contributed by atoms with Gasteiger partial charge in [0, 0.05) is 24.3 Å². The minimum Gasteiger partial charge on any atom is -0.389 e. The van der Waals surface area contributed by atoms with Crippen molar-refractivity contribution in [1.82, 2.24) is 9.88 Å². The molecule has 88 valence electrons. The third-order valence-corrected chi connectivity index (χ3v) is 2.74. The maximum absolute atomic E-state index is 5.55. The minimum absolute atomic E-state index is 0.395. The summed E-state index contributed by atoms with van der Waals surface area (Å²) in [5.41, 5.74) is 6.39. The Kier molecular flexibility index (Phi) is 4.64. The first-order chi connectivity index (χ1) is 7.50. The van der Waals surface area contributed by atoms with Gasteiger partial charge >= 0.3 is 0 Å². The molecule has 1 rings (SSSR count). The summed E-state index contributed by atoms with van der Waals surface area (Å²) in [6.07, 6.45) is 1.71. The van der Waals surface area contributed by atoms with E-state index in [1.807, 2.05) is 26.2 Å². The number of hydrogen-bond donors (Lipinski definition) is 2. The first-order valence-electron chi connectivity index (χ1n) is 5.17. The second-order valence-corrected chi connectivity index (χ2v) is 4.43. The highest BCUT2D eigenvalue weighted by Crippen LogP contribution is 2.07. The summed E-state index contributed by atoms with van der Waals surface area (Å²) in [6.45, 7) is 2.98. The molecule has 0 radical (unpaired) electrons. The number of hydrogen-bond acceptors (Lipinski definition) is 4. The van der Waals surface area contributed by atoms with Gasteiger partial charge in [0.15, 0.2) is 0 Å². The van der Waals surface area contributed by atoms with E-state index >= 15 is 0 Å².